The molecule has 21 heavy (non-hydrogen) atoms. The molecule has 1 aromatic carbocycles. The van der Waals surface area contributed by atoms with Crippen molar-refractivity contribution in [3.05, 3.63) is 34.1 Å². The molecule has 1 unspecified atom stereocenters. The van der Waals surface area contributed by atoms with Crippen molar-refractivity contribution in [3.63, 3.8) is 0 Å². The van der Waals surface area contributed by atoms with Crippen LogP contribution in [0.1, 0.15) is 38.3 Å². The molecule has 2 nitrogen and oxygen atoms in total. The summed E-state index contributed by atoms with van der Waals surface area (Å²) in [6, 6.07) is 5.34. The number of rotatable bonds is 5. The minimum atomic E-state index is -0.146. The highest BCUT2D eigenvalue weighted by molar-refractivity contribution is 9.10. The quantitative estimate of drug-likeness (QED) is 0.816. The van der Waals surface area contributed by atoms with Crippen LogP contribution in [-0.2, 0) is 0 Å². The molecule has 2 atom stereocenters. The molecular weight excluding hydrogens is 355 g/mol. The monoisotopic (exact) mass is 378 g/mol. The van der Waals surface area contributed by atoms with Gasteiger partial charge >= 0.3 is 0 Å². The lowest BCUT2D eigenvalue weighted by Gasteiger charge is -2.39. The molecule has 1 aliphatic rings. The summed E-state index contributed by atoms with van der Waals surface area (Å²) < 4.78 is 14.7. The lowest BCUT2D eigenvalue weighted by Crippen LogP contribution is -2.46. The van der Waals surface area contributed by atoms with Gasteiger partial charge in [0.05, 0.1) is 0 Å². The summed E-state index contributed by atoms with van der Waals surface area (Å²) in [6.45, 7) is 8.59. The molecule has 1 aromatic rings. The van der Waals surface area contributed by atoms with E-state index in [0.717, 1.165) is 49.1 Å². The summed E-state index contributed by atoms with van der Waals surface area (Å²) >= 11 is 3.61. The maximum Gasteiger partial charge on any atom is 0.123 e. The summed E-state index contributed by atoms with van der Waals surface area (Å²) in [6.07, 6.45) is 2.33. The average molecular weight is 380 g/mol. The van der Waals surface area contributed by atoms with Crippen molar-refractivity contribution in [2.75, 3.05) is 26.2 Å². The summed E-state index contributed by atoms with van der Waals surface area (Å²) in [5.41, 5.74) is 1.09. The van der Waals surface area contributed by atoms with E-state index in [0.29, 0.717) is 12.0 Å². The molecule has 0 amide bonds. The molecule has 1 aliphatic heterocycles. The van der Waals surface area contributed by atoms with E-state index < -0.39 is 0 Å². The highest BCUT2D eigenvalue weighted by Crippen LogP contribution is 2.36. The molecule has 5 heteroatoms. The van der Waals surface area contributed by atoms with Crippen LogP contribution in [0.3, 0.4) is 0 Å². The van der Waals surface area contributed by atoms with Crippen molar-refractivity contribution in [2.24, 2.45) is 5.92 Å². The second kappa shape index (κ2) is 9.09. The van der Waals surface area contributed by atoms with E-state index >= 15 is 0 Å². The molecule has 0 spiro atoms. The standard InChI is InChI=1S/C16H24BrFN2.ClH/c1-3-4-12(2)16(20-9-7-19-8-10-20)14-11-13(18)5-6-15(14)17;/h5-6,11-12,16,19H,3-4,7-10H2,1-2H3;1H/t12?,16-;/m1./s1. The Morgan fingerprint density at radius 1 is 1.33 bits per heavy atom. The zero-order valence-corrected chi connectivity index (χ0v) is 15.1. The fourth-order valence-corrected chi connectivity index (χ4v) is 3.66. The van der Waals surface area contributed by atoms with Crippen LogP contribution >= 0.6 is 28.3 Å². The first-order chi connectivity index (χ1) is 9.63. The third kappa shape index (κ3) is 4.92. The van der Waals surface area contributed by atoms with Crippen LogP contribution < -0.4 is 5.32 Å². The van der Waals surface area contributed by atoms with E-state index in [1.165, 1.54) is 6.07 Å². The van der Waals surface area contributed by atoms with Crippen LogP contribution in [0.15, 0.2) is 22.7 Å². The third-order valence-corrected chi connectivity index (χ3v) is 4.83. The van der Waals surface area contributed by atoms with E-state index in [1.807, 2.05) is 6.07 Å². The lowest BCUT2D eigenvalue weighted by molar-refractivity contribution is 0.125. The first-order valence-corrected chi connectivity index (χ1v) is 8.32. The number of halogens is 3. The SMILES string of the molecule is CCCC(C)[C@H](c1cc(F)ccc1Br)N1CCNCC1.Cl. The van der Waals surface area contributed by atoms with Crippen molar-refractivity contribution < 1.29 is 4.39 Å². The Morgan fingerprint density at radius 3 is 2.62 bits per heavy atom. The van der Waals surface area contributed by atoms with E-state index in [4.69, 9.17) is 0 Å². The van der Waals surface area contributed by atoms with Gasteiger partial charge in [-0.25, -0.2) is 4.39 Å². The van der Waals surface area contributed by atoms with Gasteiger partial charge in [-0.05, 0) is 36.1 Å². The van der Waals surface area contributed by atoms with Crippen molar-refractivity contribution in [3.8, 4) is 0 Å². The molecule has 0 bridgehead atoms. The predicted octanol–water partition coefficient (Wildman–Crippen LogP) is 4.39. The second-order valence-corrected chi connectivity index (χ2v) is 6.52. The first-order valence-electron chi connectivity index (χ1n) is 7.53. The maximum atomic E-state index is 13.7. The molecule has 1 fully saturated rings. The van der Waals surface area contributed by atoms with Crippen LogP contribution in [0.25, 0.3) is 0 Å². The summed E-state index contributed by atoms with van der Waals surface area (Å²) in [5.74, 6) is 0.378. The molecule has 1 saturated heterocycles. The Hall–Kier alpha value is -0.160. The molecule has 0 saturated carbocycles. The van der Waals surface area contributed by atoms with Crippen molar-refractivity contribution in [1.82, 2.24) is 10.2 Å². The zero-order chi connectivity index (χ0) is 14.5. The van der Waals surface area contributed by atoms with Gasteiger partial charge in [-0.15, -0.1) is 12.4 Å². The molecule has 120 valence electrons. The van der Waals surface area contributed by atoms with Gasteiger partial charge < -0.3 is 5.32 Å². The molecule has 0 aromatic heterocycles. The molecule has 0 radical (unpaired) electrons. The van der Waals surface area contributed by atoms with Crippen LogP contribution in [-0.4, -0.2) is 31.1 Å². The van der Waals surface area contributed by atoms with Crippen molar-refractivity contribution in [1.29, 1.82) is 0 Å². The van der Waals surface area contributed by atoms with E-state index in [1.54, 1.807) is 6.07 Å². The first kappa shape index (κ1) is 18.9. The Morgan fingerprint density at radius 2 is 2.00 bits per heavy atom. The number of hydrogen-bond donors (Lipinski definition) is 1. The van der Waals surface area contributed by atoms with Crippen LogP contribution in [0, 0.1) is 11.7 Å². The number of piperazine rings is 1. The van der Waals surface area contributed by atoms with Crippen molar-refractivity contribution >= 4 is 28.3 Å². The highest BCUT2D eigenvalue weighted by atomic mass is 79.9. The largest absolute Gasteiger partial charge is 0.314 e. The fourth-order valence-electron chi connectivity index (χ4n) is 3.18. The van der Waals surface area contributed by atoms with Gasteiger partial charge in [0.1, 0.15) is 5.82 Å². The van der Waals surface area contributed by atoms with Gasteiger partial charge in [0.2, 0.25) is 0 Å². The zero-order valence-electron chi connectivity index (χ0n) is 12.7. The molecule has 0 aliphatic carbocycles. The predicted molar refractivity (Wildman–Crippen MR) is 92.6 cm³/mol. The number of nitrogens with zero attached hydrogens (tertiary/aromatic N) is 1. The van der Waals surface area contributed by atoms with E-state index in [-0.39, 0.29) is 18.2 Å². The summed E-state index contributed by atoms with van der Waals surface area (Å²) in [4.78, 5) is 2.50. The van der Waals surface area contributed by atoms with Gasteiger partial charge in [0.25, 0.3) is 0 Å². The minimum absolute atomic E-state index is 0. The van der Waals surface area contributed by atoms with Gasteiger partial charge in [-0.1, -0.05) is 36.2 Å². The Balaban J connectivity index is 0.00000220. The normalized spacial score (nSPS) is 18.9. The summed E-state index contributed by atoms with van der Waals surface area (Å²) in [7, 11) is 0. The van der Waals surface area contributed by atoms with Gasteiger partial charge in [-0.2, -0.15) is 0 Å². The average Bonchev–Trinajstić information content (AvgIpc) is 2.44. The van der Waals surface area contributed by atoms with Crippen LogP contribution in [0.2, 0.25) is 0 Å². The minimum Gasteiger partial charge on any atom is -0.314 e. The van der Waals surface area contributed by atoms with E-state index in [2.05, 4.69) is 40.0 Å². The van der Waals surface area contributed by atoms with Crippen LogP contribution in [0.4, 0.5) is 4.39 Å². The van der Waals surface area contributed by atoms with Crippen LogP contribution in [0.5, 0.6) is 0 Å². The topological polar surface area (TPSA) is 15.3 Å². The maximum absolute atomic E-state index is 13.7. The third-order valence-electron chi connectivity index (χ3n) is 4.10. The fraction of sp³-hybridized carbons (Fsp3) is 0.625. The number of nitrogens with one attached hydrogen (secondary N) is 1. The van der Waals surface area contributed by atoms with Crippen molar-refractivity contribution in [2.45, 2.75) is 32.7 Å². The number of benzene rings is 1. The second-order valence-electron chi connectivity index (χ2n) is 5.66. The molecular formula is C16H25BrClFN2. The molecule has 2 rings (SSSR count). The summed E-state index contributed by atoms with van der Waals surface area (Å²) in [5, 5.41) is 3.39. The van der Waals surface area contributed by atoms with E-state index in [9.17, 15) is 4.39 Å². The Labute approximate surface area is 142 Å². The van der Waals surface area contributed by atoms with Gasteiger partial charge in [-0.3, -0.25) is 4.90 Å². The molecule has 1 heterocycles. The Bertz CT molecular complexity index is 438. The van der Waals surface area contributed by atoms with Gasteiger partial charge in [0.15, 0.2) is 0 Å². The Kier molecular flexibility index (Phi) is 8.17. The highest BCUT2D eigenvalue weighted by Gasteiger charge is 2.28. The smallest absolute Gasteiger partial charge is 0.123 e. The lowest BCUT2D eigenvalue weighted by atomic mass is 9.89. The van der Waals surface area contributed by atoms with Gasteiger partial charge in [0, 0.05) is 36.7 Å². The number of hydrogen-bond acceptors (Lipinski definition) is 2. The molecule has 1 N–H and O–H groups in total.